The van der Waals surface area contributed by atoms with Crippen LogP contribution < -0.4 is 10.6 Å². The Labute approximate surface area is 155 Å². The van der Waals surface area contributed by atoms with Gasteiger partial charge in [-0.1, -0.05) is 17.7 Å². The van der Waals surface area contributed by atoms with Crippen molar-refractivity contribution in [2.24, 2.45) is 0 Å². The van der Waals surface area contributed by atoms with Crippen molar-refractivity contribution in [3.63, 3.8) is 0 Å². The molecule has 1 aromatic rings. The lowest BCUT2D eigenvalue weighted by atomic mass is 10.1. The second-order valence-corrected chi connectivity index (χ2v) is 9.04. The van der Waals surface area contributed by atoms with Crippen molar-refractivity contribution in [3.05, 3.63) is 29.8 Å². The number of carbonyl (C=O) groups excluding carboxylic acids is 1. The average Bonchev–Trinajstić information content (AvgIpc) is 2.63. The molecule has 2 fully saturated rings. The van der Waals surface area contributed by atoms with Crippen molar-refractivity contribution in [1.82, 2.24) is 19.8 Å². The Morgan fingerprint density at radius 2 is 1.88 bits per heavy atom. The zero-order valence-corrected chi connectivity index (χ0v) is 16.1. The molecule has 1 amide bonds. The van der Waals surface area contributed by atoms with E-state index in [9.17, 15) is 13.2 Å². The predicted octanol–water partition coefficient (Wildman–Crippen LogP) is 0.170. The van der Waals surface area contributed by atoms with Gasteiger partial charge in [-0.2, -0.15) is 4.31 Å². The Kier molecular flexibility index (Phi) is 6.29. The molecule has 2 aliphatic heterocycles. The monoisotopic (exact) mass is 380 g/mol. The minimum atomic E-state index is -3.46. The molecule has 0 spiro atoms. The molecule has 0 aromatic heterocycles. The number of nitrogens with one attached hydrogen (secondary N) is 2. The first kappa shape index (κ1) is 19.3. The molecule has 2 aliphatic rings. The second kappa shape index (κ2) is 8.47. The van der Waals surface area contributed by atoms with Crippen LogP contribution in [0.1, 0.15) is 18.4 Å². The third kappa shape index (κ3) is 4.82. The van der Waals surface area contributed by atoms with Crippen LogP contribution >= 0.6 is 0 Å². The first-order chi connectivity index (χ1) is 12.4. The summed E-state index contributed by atoms with van der Waals surface area (Å²) in [5.41, 5.74) is 1.04. The number of piperazine rings is 1. The third-order valence-electron chi connectivity index (χ3n) is 5.02. The van der Waals surface area contributed by atoms with Gasteiger partial charge < -0.3 is 10.6 Å². The van der Waals surface area contributed by atoms with E-state index in [1.54, 1.807) is 12.1 Å². The fourth-order valence-corrected chi connectivity index (χ4v) is 4.86. The molecule has 2 saturated heterocycles. The van der Waals surface area contributed by atoms with Gasteiger partial charge in [0.25, 0.3) is 0 Å². The SMILES string of the molecule is Cc1ccc(S(=O)(=O)N2CCN(CC(=O)N[C@H]3CCCNC3)CC2)cc1. The quantitative estimate of drug-likeness (QED) is 0.761. The smallest absolute Gasteiger partial charge is 0.243 e. The molecule has 2 N–H and O–H groups in total. The standard InChI is InChI=1S/C18H28N4O3S/c1-15-4-6-17(7-5-15)26(24,25)22-11-9-21(10-12-22)14-18(23)20-16-3-2-8-19-13-16/h4-7,16,19H,2-3,8-14H2,1H3,(H,20,23)/t16-/m0/s1. The molecule has 2 heterocycles. The van der Waals surface area contributed by atoms with Gasteiger partial charge >= 0.3 is 0 Å². The number of hydrogen-bond donors (Lipinski definition) is 2. The molecule has 0 unspecified atom stereocenters. The van der Waals surface area contributed by atoms with E-state index in [0.29, 0.717) is 37.6 Å². The van der Waals surface area contributed by atoms with Gasteiger partial charge in [-0.05, 0) is 38.4 Å². The summed E-state index contributed by atoms with van der Waals surface area (Å²) < 4.78 is 26.9. The maximum Gasteiger partial charge on any atom is 0.243 e. The van der Waals surface area contributed by atoms with Gasteiger partial charge in [0, 0.05) is 38.8 Å². The second-order valence-electron chi connectivity index (χ2n) is 7.10. The van der Waals surface area contributed by atoms with Gasteiger partial charge in [0.15, 0.2) is 0 Å². The highest BCUT2D eigenvalue weighted by Gasteiger charge is 2.29. The molecule has 1 atom stereocenters. The molecule has 3 rings (SSSR count). The summed E-state index contributed by atoms with van der Waals surface area (Å²) in [4.78, 5) is 14.6. The van der Waals surface area contributed by atoms with E-state index < -0.39 is 10.0 Å². The van der Waals surface area contributed by atoms with Crippen molar-refractivity contribution in [1.29, 1.82) is 0 Å². The Morgan fingerprint density at radius 3 is 2.50 bits per heavy atom. The zero-order valence-electron chi connectivity index (χ0n) is 15.3. The normalized spacial score (nSPS) is 22.9. The predicted molar refractivity (Wildman–Crippen MR) is 100 cm³/mol. The number of hydrogen-bond acceptors (Lipinski definition) is 5. The molecule has 1 aromatic carbocycles. The number of nitrogens with zero attached hydrogens (tertiary/aromatic N) is 2. The van der Waals surface area contributed by atoms with Crippen LogP contribution in [0.2, 0.25) is 0 Å². The average molecular weight is 381 g/mol. The van der Waals surface area contributed by atoms with Crippen molar-refractivity contribution in [3.8, 4) is 0 Å². The van der Waals surface area contributed by atoms with Crippen LogP contribution in [0.25, 0.3) is 0 Å². The molecule has 26 heavy (non-hydrogen) atoms. The Morgan fingerprint density at radius 1 is 1.19 bits per heavy atom. The highest BCUT2D eigenvalue weighted by Crippen LogP contribution is 2.18. The molecule has 144 valence electrons. The summed E-state index contributed by atoms with van der Waals surface area (Å²) in [6.07, 6.45) is 2.10. The van der Waals surface area contributed by atoms with E-state index in [0.717, 1.165) is 31.5 Å². The highest BCUT2D eigenvalue weighted by molar-refractivity contribution is 7.89. The summed E-state index contributed by atoms with van der Waals surface area (Å²) in [5, 5.41) is 6.35. The van der Waals surface area contributed by atoms with Crippen LogP contribution in [0.4, 0.5) is 0 Å². The molecule has 8 heteroatoms. The number of piperidine rings is 1. The molecule has 0 radical (unpaired) electrons. The molecule has 0 saturated carbocycles. The number of sulfonamides is 1. The number of carbonyl (C=O) groups is 1. The van der Waals surface area contributed by atoms with Crippen LogP contribution in [0, 0.1) is 6.92 Å². The summed E-state index contributed by atoms with van der Waals surface area (Å²) in [7, 11) is -3.46. The minimum Gasteiger partial charge on any atom is -0.351 e. The first-order valence-electron chi connectivity index (χ1n) is 9.24. The molecular formula is C18H28N4O3S. The van der Waals surface area contributed by atoms with Crippen molar-refractivity contribution < 1.29 is 13.2 Å². The highest BCUT2D eigenvalue weighted by atomic mass is 32.2. The molecule has 7 nitrogen and oxygen atoms in total. The van der Waals surface area contributed by atoms with Crippen LogP contribution in [-0.2, 0) is 14.8 Å². The Bertz CT molecular complexity index is 706. The maximum absolute atomic E-state index is 12.7. The number of benzene rings is 1. The van der Waals surface area contributed by atoms with E-state index in [2.05, 4.69) is 10.6 Å². The largest absolute Gasteiger partial charge is 0.351 e. The number of aryl methyl sites for hydroxylation is 1. The summed E-state index contributed by atoms with van der Waals surface area (Å²) in [5.74, 6) is 0.0218. The van der Waals surface area contributed by atoms with E-state index in [1.807, 2.05) is 24.0 Å². The van der Waals surface area contributed by atoms with Crippen LogP contribution in [0.5, 0.6) is 0 Å². The van der Waals surface area contributed by atoms with Crippen LogP contribution in [0.3, 0.4) is 0 Å². The van der Waals surface area contributed by atoms with Crippen LogP contribution in [0.15, 0.2) is 29.2 Å². The topological polar surface area (TPSA) is 81.8 Å². The lowest BCUT2D eigenvalue weighted by Crippen LogP contribution is -2.53. The molecule has 0 bridgehead atoms. The zero-order chi connectivity index (χ0) is 18.6. The van der Waals surface area contributed by atoms with E-state index in [1.165, 1.54) is 4.31 Å². The molecule has 0 aliphatic carbocycles. The number of rotatable bonds is 5. The fraction of sp³-hybridized carbons (Fsp3) is 0.611. The number of amides is 1. The van der Waals surface area contributed by atoms with Gasteiger partial charge in [0.2, 0.25) is 15.9 Å². The van der Waals surface area contributed by atoms with E-state index >= 15 is 0 Å². The summed E-state index contributed by atoms with van der Waals surface area (Å²) in [6, 6.07) is 7.14. The van der Waals surface area contributed by atoms with Crippen molar-refractivity contribution in [2.75, 3.05) is 45.8 Å². The van der Waals surface area contributed by atoms with Crippen molar-refractivity contribution >= 4 is 15.9 Å². The summed E-state index contributed by atoms with van der Waals surface area (Å²) >= 11 is 0. The van der Waals surface area contributed by atoms with E-state index in [-0.39, 0.29) is 11.9 Å². The maximum atomic E-state index is 12.7. The molecular weight excluding hydrogens is 352 g/mol. The fourth-order valence-electron chi connectivity index (χ4n) is 3.44. The van der Waals surface area contributed by atoms with Crippen LogP contribution in [-0.4, -0.2) is 75.4 Å². The lowest BCUT2D eigenvalue weighted by molar-refractivity contribution is -0.123. The van der Waals surface area contributed by atoms with E-state index in [4.69, 9.17) is 0 Å². The van der Waals surface area contributed by atoms with Gasteiger partial charge in [0.05, 0.1) is 11.4 Å². The third-order valence-corrected chi connectivity index (χ3v) is 6.93. The van der Waals surface area contributed by atoms with Gasteiger partial charge in [-0.15, -0.1) is 0 Å². The Balaban J connectivity index is 1.49. The summed E-state index contributed by atoms with van der Waals surface area (Å²) in [6.45, 7) is 6.07. The van der Waals surface area contributed by atoms with Gasteiger partial charge in [-0.25, -0.2) is 8.42 Å². The minimum absolute atomic E-state index is 0.0218. The Hall–Kier alpha value is -1.48. The van der Waals surface area contributed by atoms with Gasteiger partial charge in [-0.3, -0.25) is 9.69 Å². The van der Waals surface area contributed by atoms with Gasteiger partial charge in [0.1, 0.15) is 0 Å². The van der Waals surface area contributed by atoms with Crippen molar-refractivity contribution in [2.45, 2.75) is 30.7 Å². The lowest BCUT2D eigenvalue weighted by Gasteiger charge is -2.34. The first-order valence-corrected chi connectivity index (χ1v) is 10.7.